The molecule has 2 N–H and O–H groups in total. The van der Waals surface area contributed by atoms with Crippen molar-refractivity contribution in [2.45, 2.75) is 39.0 Å². The zero-order valence-corrected chi connectivity index (χ0v) is 15.6. The Balaban J connectivity index is 1.42. The van der Waals surface area contributed by atoms with E-state index in [4.69, 9.17) is 4.74 Å². The number of nitrogens with one attached hydrogen (secondary N) is 2. The summed E-state index contributed by atoms with van der Waals surface area (Å²) in [5.41, 5.74) is 1.58. The van der Waals surface area contributed by atoms with Crippen LogP contribution in [0.25, 0.3) is 0 Å². The summed E-state index contributed by atoms with van der Waals surface area (Å²) in [5.74, 6) is 0. The highest BCUT2D eigenvalue weighted by molar-refractivity contribution is 5.89. The van der Waals surface area contributed by atoms with E-state index in [-0.39, 0.29) is 30.8 Å². The normalized spacial score (nSPS) is 16.4. The maximum Gasteiger partial charge on any atom is 0.410 e. The Morgan fingerprint density at radius 1 is 1.30 bits per heavy atom. The predicted molar refractivity (Wildman–Crippen MR) is 101 cm³/mol. The van der Waals surface area contributed by atoms with E-state index < -0.39 is 0 Å². The quantitative estimate of drug-likeness (QED) is 0.846. The molecule has 1 atom stereocenters. The first kappa shape index (κ1) is 18.8. The van der Waals surface area contributed by atoms with Crippen molar-refractivity contribution in [2.24, 2.45) is 0 Å². The van der Waals surface area contributed by atoms with Gasteiger partial charge in [-0.3, -0.25) is 4.68 Å². The summed E-state index contributed by atoms with van der Waals surface area (Å²) in [7, 11) is 0. The number of rotatable bonds is 5. The molecular formula is C19H25N5O3. The van der Waals surface area contributed by atoms with Crippen molar-refractivity contribution < 1.29 is 14.3 Å². The summed E-state index contributed by atoms with van der Waals surface area (Å²) in [6, 6.07) is 9.37. The van der Waals surface area contributed by atoms with Crippen LogP contribution in [0.1, 0.15) is 31.9 Å². The minimum absolute atomic E-state index is 0.102. The molecule has 3 amide bonds. The zero-order valence-electron chi connectivity index (χ0n) is 15.6. The number of benzene rings is 1. The van der Waals surface area contributed by atoms with Crippen LogP contribution in [0, 0.1) is 0 Å². The van der Waals surface area contributed by atoms with Crippen LogP contribution < -0.4 is 10.6 Å². The van der Waals surface area contributed by atoms with Crippen LogP contribution in [0.3, 0.4) is 0 Å². The second-order valence-corrected chi connectivity index (χ2v) is 6.87. The summed E-state index contributed by atoms with van der Waals surface area (Å²) >= 11 is 0. The van der Waals surface area contributed by atoms with E-state index in [0.717, 1.165) is 5.56 Å². The Labute approximate surface area is 158 Å². The van der Waals surface area contributed by atoms with E-state index >= 15 is 0 Å². The molecule has 0 saturated carbocycles. The lowest BCUT2D eigenvalue weighted by Crippen LogP contribution is -2.40. The lowest BCUT2D eigenvalue weighted by Gasteiger charge is -2.17. The fourth-order valence-electron chi connectivity index (χ4n) is 2.89. The lowest BCUT2D eigenvalue weighted by atomic mass is 10.2. The van der Waals surface area contributed by atoms with Crippen molar-refractivity contribution in [3.8, 4) is 0 Å². The van der Waals surface area contributed by atoms with Crippen molar-refractivity contribution in [1.82, 2.24) is 20.0 Å². The molecule has 2 aromatic rings. The van der Waals surface area contributed by atoms with Gasteiger partial charge in [-0.1, -0.05) is 30.3 Å². The number of hydrogen-bond acceptors (Lipinski definition) is 4. The number of anilines is 1. The average Bonchev–Trinajstić information content (AvgIpc) is 3.30. The molecule has 1 aliphatic heterocycles. The number of urea groups is 1. The molecule has 0 bridgehead atoms. The lowest BCUT2D eigenvalue weighted by molar-refractivity contribution is 0.103. The van der Waals surface area contributed by atoms with Crippen LogP contribution in [0.15, 0.2) is 42.7 Å². The molecule has 1 saturated heterocycles. The topological polar surface area (TPSA) is 88.5 Å². The summed E-state index contributed by atoms with van der Waals surface area (Å²) in [4.78, 5) is 25.9. The molecule has 1 aromatic heterocycles. The number of aromatic nitrogens is 2. The minimum Gasteiger partial charge on any atom is -0.445 e. The number of likely N-dealkylation sites (tertiary alicyclic amines) is 1. The molecule has 8 nitrogen and oxygen atoms in total. The molecule has 1 aliphatic rings. The van der Waals surface area contributed by atoms with Crippen molar-refractivity contribution in [1.29, 1.82) is 0 Å². The predicted octanol–water partition coefficient (Wildman–Crippen LogP) is 3.00. The third-order valence-corrected chi connectivity index (χ3v) is 4.38. The fraction of sp³-hybridized carbons (Fsp3) is 0.421. The Bertz CT molecular complexity index is 775. The Kier molecular flexibility index (Phi) is 5.95. The van der Waals surface area contributed by atoms with Gasteiger partial charge in [0.1, 0.15) is 6.61 Å². The number of nitrogens with zero attached hydrogens (tertiary/aromatic N) is 3. The molecule has 0 unspecified atom stereocenters. The number of carbonyl (C=O) groups is 2. The SMILES string of the molecule is CC(C)n1cc(NC(=O)N[C@H]2CCN(C(=O)OCc3ccccc3)C2)cn1. The van der Waals surface area contributed by atoms with Crippen molar-refractivity contribution in [2.75, 3.05) is 18.4 Å². The summed E-state index contributed by atoms with van der Waals surface area (Å²) < 4.78 is 7.11. The van der Waals surface area contributed by atoms with Crippen molar-refractivity contribution in [3.05, 3.63) is 48.3 Å². The minimum atomic E-state index is -0.359. The van der Waals surface area contributed by atoms with Crippen LogP contribution in [0.4, 0.5) is 15.3 Å². The van der Waals surface area contributed by atoms with Gasteiger partial charge in [0.15, 0.2) is 0 Å². The molecule has 2 heterocycles. The molecule has 144 valence electrons. The molecule has 0 radical (unpaired) electrons. The highest BCUT2D eigenvalue weighted by Crippen LogP contribution is 2.13. The van der Waals surface area contributed by atoms with Gasteiger partial charge in [-0.15, -0.1) is 0 Å². The van der Waals surface area contributed by atoms with E-state index in [1.807, 2.05) is 44.2 Å². The van der Waals surface area contributed by atoms with E-state index in [2.05, 4.69) is 15.7 Å². The van der Waals surface area contributed by atoms with Gasteiger partial charge in [0.25, 0.3) is 0 Å². The van der Waals surface area contributed by atoms with Gasteiger partial charge in [0.2, 0.25) is 0 Å². The van der Waals surface area contributed by atoms with Gasteiger partial charge in [-0.05, 0) is 25.8 Å². The zero-order chi connectivity index (χ0) is 19.2. The van der Waals surface area contributed by atoms with Crippen molar-refractivity contribution >= 4 is 17.8 Å². The summed E-state index contributed by atoms with van der Waals surface area (Å²) in [6.45, 7) is 5.27. The molecule has 3 rings (SSSR count). The standard InChI is InChI=1S/C19H25N5O3/c1-14(2)24-12-17(10-20-24)22-18(25)21-16-8-9-23(11-16)19(26)27-13-15-6-4-3-5-7-15/h3-7,10,12,14,16H,8-9,11,13H2,1-2H3,(H2,21,22,25)/t16-/m0/s1. The second-order valence-electron chi connectivity index (χ2n) is 6.87. The largest absolute Gasteiger partial charge is 0.445 e. The van der Waals surface area contributed by atoms with E-state index in [9.17, 15) is 9.59 Å². The highest BCUT2D eigenvalue weighted by atomic mass is 16.6. The first-order chi connectivity index (χ1) is 13.0. The molecule has 27 heavy (non-hydrogen) atoms. The Hall–Kier alpha value is -3.03. The average molecular weight is 371 g/mol. The Morgan fingerprint density at radius 2 is 2.07 bits per heavy atom. The first-order valence-corrected chi connectivity index (χ1v) is 9.08. The van der Waals surface area contributed by atoms with Crippen LogP contribution in [-0.4, -0.2) is 45.9 Å². The van der Waals surface area contributed by atoms with Gasteiger partial charge in [-0.25, -0.2) is 9.59 Å². The molecular weight excluding hydrogens is 346 g/mol. The first-order valence-electron chi connectivity index (χ1n) is 9.08. The Morgan fingerprint density at radius 3 is 2.78 bits per heavy atom. The second kappa shape index (κ2) is 8.57. The van der Waals surface area contributed by atoms with E-state index in [0.29, 0.717) is 25.2 Å². The molecule has 0 spiro atoms. The van der Waals surface area contributed by atoms with Crippen LogP contribution in [-0.2, 0) is 11.3 Å². The van der Waals surface area contributed by atoms with Gasteiger partial charge in [0.05, 0.1) is 11.9 Å². The maximum absolute atomic E-state index is 12.2. The third kappa shape index (κ3) is 5.22. The smallest absolute Gasteiger partial charge is 0.410 e. The third-order valence-electron chi connectivity index (χ3n) is 4.38. The van der Waals surface area contributed by atoms with Gasteiger partial charge in [-0.2, -0.15) is 5.10 Å². The van der Waals surface area contributed by atoms with Crippen LogP contribution >= 0.6 is 0 Å². The molecule has 1 aromatic carbocycles. The van der Waals surface area contributed by atoms with Crippen LogP contribution in [0.5, 0.6) is 0 Å². The monoisotopic (exact) mass is 371 g/mol. The molecule has 0 aliphatic carbocycles. The van der Waals surface area contributed by atoms with Crippen LogP contribution in [0.2, 0.25) is 0 Å². The number of carbonyl (C=O) groups excluding carboxylic acids is 2. The maximum atomic E-state index is 12.2. The van der Waals surface area contributed by atoms with E-state index in [1.54, 1.807) is 22.0 Å². The van der Waals surface area contributed by atoms with Gasteiger partial charge in [0, 0.05) is 31.4 Å². The van der Waals surface area contributed by atoms with Gasteiger partial charge < -0.3 is 20.3 Å². The molecule has 1 fully saturated rings. The molecule has 8 heteroatoms. The summed E-state index contributed by atoms with van der Waals surface area (Å²) in [5, 5.41) is 9.84. The van der Waals surface area contributed by atoms with Crippen molar-refractivity contribution in [3.63, 3.8) is 0 Å². The fourth-order valence-corrected chi connectivity index (χ4v) is 2.89. The number of hydrogen-bond donors (Lipinski definition) is 2. The number of amides is 3. The number of ether oxygens (including phenoxy) is 1. The summed E-state index contributed by atoms with van der Waals surface area (Å²) in [6.07, 6.45) is 3.73. The highest BCUT2D eigenvalue weighted by Gasteiger charge is 2.28. The van der Waals surface area contributed by atoms with Gasteiger partial charge >= 0.3 is 12.1 Å². The van der Waals surface area contributed by atoms with E-state index in [1.165, 1.54) is 0 Å².